The monoisotopic (exact) mass is 261 g/mol. The molecule has 0 aromatic heterocycles. The van der Waals surface area contributed by atoms with Gasteiger partial charge in [0.2, 0.25) is 0 Å². The van der Waals surface area contributed by atoms with Crippen molar-refractivity contribution in [1.82, 2.24) is 4.90 Å². The Hall–Kier alpha value is -0.120. The minimum Gasteiger partial charge on any atom is -0.394 e. The lowest BCUT2D eigenvalue weighted by molar-refractivity contribution is 0.0781. The number of rotatable bonds is 12. The van der Waals surface area contributed by atoms with Crippen LogP contribution in [0.25, 0.3) is 0 Å². The molecule has 0 aromatic carbocycles. The van der Waals surface area contributed by atoms with E-state index < -0.39 is 0 Å². The van der Waals surface area contributed by atoms with Gasteiger partial charge in [0.25, 0.3) is 0 Å². The molecule has 0 saturated carbocycles. The Balaban J connectivity index is 0. The van der Waals surface area contributed by atoms with E-state index in [9.17, 15) is 0 Å². The van der Waals surface area contributed by atoms with Crippen LogP contribution in [-0.4, -0.2) is 50.0 Å². The number of hydrogen-bond acceptors (Lipinski definition) is 3. The Morgan fingerprint density at radius 1 is 0.889 bits per heavy atom. The van der Waals surface area contributed by atoms with Crippen LogP contribution in [0.5, 0.6) is 0 Å². The van der Waals surface area contributed by atoms with Gasteiger partial charge in [-0.1, -0.05) is 52.9 Å². The molecule has 0 aliphatic heterocycles. The van der Waals surface area contributed by atoms with E-state index >= 15 is 0 Å². The Bertz CT molecular complexity index is 132. The predicted molar refractivity (Wildman–Crippen MR) is 80.1 cm³/mol. The molecule has 0 aliphatic rings. The summed E-state index contributed by atoms with van der Waals surface area (Å²) in [5.74, 6) is 0. The number of aliphatic hydroxyl groups excluding tert-OH is 1. The number of likely N-dealkylation sites (N-methyl/N-ethyl adjacent to an activating group) is 1. The fourth-order valence-electron chi connectivity index (χ4n) is 1.66. The van der Waals surface area contributed by atoms with Crippen molar-refractivity contribution in [2.75, 3.05) is 40.0 Å². The summed E-state index contributed by atoms with van der Waals surface area (Å²) in [6, 6.07) is 0. The highest BCUT2D eigenvalue weighted by molar-refractivity contribution is 4.52. The van der Waals surface area contributed by atoms with Crippen molar-refractivity contribution in [1.29, 1.82) is 0 Å². The van der Waals surface area contributed by atoms with Crippen LogP contribution in [0.2, 0.25) is 0 Å². The quantitative estimate of drug-likeness (QED) is 0.547. The maximum atomic E-state index is 8.54. The maximum Gasteiger partial charge on any atom is 0.0698 e. The third-order valence-electron chi connectivity index (χ3n) is 2.75. The van der Waals surface area contributed by atoms with Crippen molar-refractivity contribution in [2.45, 2.75) is 59.3 Å². The van der Waals surface area contributed by atoms with Gasteiger partial charge in [-0.2, -0.15) is 0 Å². The van der Waals surface area contributed by atoms with Crippen molar-refractivity contribution >= 4 is 0 Å². The van der Waals surface area contributed by atoms with E-state index in [2.05, 4.69) is 18.9 Å². The first-order valence-corrected chi connectivity index (χ1v) is 7.68. The average Bonchev–Trinajstić information content (AvgIpc) is 2.41. The van der Waals surface area contributed by atoms with E-state index in [1.165, 1.54) is 38.5 Å². The summed E-state index contributed by atoms with van der Waals surface area (Å²) in [6.07, 6.45) is 8.11. The molecule has 3 heteroatoms. The third kappa shape index (κ3) is 18.3. The average molecular weight is 261 g/mol. The highest BCUT2D eigenvalue weighted by atomic mass is 16.5. The summed E-state index contributed by atoms with van der Waals surface area (Å²) in [5, 5.41) is 8.54. The number of unbranched alkanes of at least 4 members (excludes halogenated alkanes) is 5. The maximum absolute atomic E-state index is 8.54. The van der Waals surface area contributed by atoms with Crippen LogP contribution in [0, 0.1) is 0 Å². The van der Waals surface area contributed by atoms with Crippen LogP contribution in [0.1, 0.15) is 59.3 Å². The first kappa shape index (κ1) is 20.2. The van der Waals surface area contributed by atoms with E-state index in [1.807, 2.05) is 13.8 Å². The summed E-state index contributed by atoms with van der Waals surface area (Å²) in [4.78, 5) is 2.30. The Morgan fingerprint density at radius 3 is 2.11 bits per heavy atom. The van der Waals surface area contributed by atoms with Crippen LogP contribution >= 0.6 is 0 Å². The van der Waals surface area contributed by atoms with Gasteiger partial charge in [-0.25, -0.2) is 0 Å². The molecule has 18 heavy (non-hydrogen) atoms. The van der Waals surface area contributed by atoms with Gasteiger partial charge >= 0.3 is 0 Å². The molecular weight excluding hydrogens is 226 g/mol. The van der Waals surface area contributed by atoms with Crippen LogP contribution in [0.4, 0.5) is 0 Å². The second-order valence-electron chi connectivity index (χ2n) is 4.41. The van der Waals surface area contributed by atoms with E-state index in [-0.39, 0.29) is 6.61 Å². The molecular formula is C15H35NO2. The summed E-state index contributed by atoms with van der Waals surface area (Å²) < 4.78 is 5.22. The number of aliphatic hydroxyl groups is 1. The molecule has 0 radical (unpaired) electrons. The molecule has 0 bridgehead atoms. The van der Waals surface area contributed by atoms with Crippen LogP contribution in [0.3, 0.4) is 0 Å². The second-order valence-corrected chi connectivity index (χ2v) is 4.41. The molecule has 0 aliphatic carbocycles. The molecule has 0 spiro atoms. The minimum absolute atomic E-state index is 0.126. The molecule has 0 aromatic rings. The van der Waals surface area contributed by atoms with Gasteiger partial charge in [0.05, 0.1) is 19.8 Å². The van der Waals surface area contributed by atoms with Crippen molar-refractivity contribution in [3.05, 3.63) is 0 Å². The summed E-state index contributed by atoms with van der Waals surface area (Å²) in [5.41, 5.74) is 0. The van der Waals surface area contributed by atoms with Crippen molar-refractivity contribution in [3.8, 4) is 0 Å². The SMILES string of the molecule is CC.CCCCCCCCN(C)CCOCCO. The zero-order valence-corrected chi connectivity index (χ0v) is 13.1. The lowest BCUT2D eigenvalue weighted by Crippen LogP contribution is -2.24. The van der Waals surface area contributed by atoms with Crippen LogP contribution in [-0.2, 0) is 4.74 Å². The summed E-state index contributed by atoms with van der Waals surface area (Å²) in [6.45, 7) is 9.70. The molecule has 0 atom stereocenters. The minimum atomic E-state index is 0.126. The van der Waals surface area contributed by atoms with Gasteiger partial charge in [-0.05, 0) is 20.0 Å². The lowest BCUT2D eigenvalue weighted by Gasteiger charge is -2.16. The fraction of sp³-hybridized carbons (Fsp3) is 1.00. The highest BCUT2D eigenvalue weighted by Crippen LogP contribution is 2.05. The van der Waals surface area contributed by atoms with Gasteiger partial charge in [-0.15, -0.1) is 0 Å². The third-order valence-corrected chi connectivity index (χ3v) is 2.75. The smallest absolute Gasteiger partial charge is 0.0698 e. The number of ether oxygens (including phenoxy) is 1. The predicted octanol–water partition coefficient (Wildman–Crippen LogP) is 3.31. The van der Waals surface area contributed by atoms with Crippen LogP contribution in [0.15, 0.2) is 0 Å². The van der Waals surface area contributed by atoms with Crippen molar-refractivity contribution in [3.63, 3.8) is 0 Å². The molecule has 0 saturated heterocycles. The molecule has 0 fully saturated rings. The van der Waals surface area contributed by atoms with Gasteiger partial charge in [0.15, 0.2) is 0 Å². The van der Waals surface area contributed by atoms with E-state index in [0.29, 0.717) is 6.61 Å². The second kappa shape index (κ2) is 19.2. The summed E-state index contributed by atoms with van der Waals surface area (Å²) >= 11 is 0. The topological polar surface area (TPSA) is 32.7 Å². The molecule has 3 nitrogen and oxygen atoms in total. The number of hydrogen-bond donors (Lipinski definition) is 1. The van der Waals surface area contributed by atoms with Gasteiger partial charge in [0, 0.05) is 6.54 Å². The molecule has 0 heterocycles. The molecule has 0 amide bonds. The van der Waals surface area contributed by atoms with Gasteiger partial charge in [0.1, 0.15) is 0 Å². The molecule has 112 valence electrons. The Morgan fingerprint density at radius 2 is 1.50 bits per heavy atom. The standard InChI is InChI=1S/C13H29NO2.C2H6/c1-3-4-5-6-7-8-9-14(2)10-12-16-13-11-15;1-2/h15H,3-13H2,1-2H3;1-2H3. The van der Waals surface area contributed by atoms with Crippen molar-refractivity contribution in [2.24, 2.45) is 0 Å². The zero-order valence-electron chi connectivity index (χ0n) is 13.1. The summed E-state index contributed by atoms with van der Waals surface area (Å²) in [7, 11) is 2.13. The highest BCUT2D eigenvalue weighted by Gasteiger charge is 1.98. The van der Waals surface area contributed by atoms with E-state index in [4.69, 9.17) is 9.84 Å². The van der Waals surface area contributed by atoms with Crippen LogP contribution < -0.4 is 0 Å². The Labute approximate surface area is 115 Å². The molecule has 0 unspecified atom stereocenters. The molecule has 0 rings (SSSR count). The van der Waals surface area contributed by atoms with E-state index in [1.54, 1.807) is 0 Å². The zero-order chi connectivity index (χ0) is 14.1. The molecule has 1 N–H and O–H groups in total. The van der Waals surface area contributed by atoms with Gasteiger partial charge in [-0.3, -0.25) is 0 Å². The first-order valence-electron chi connectivity index (χ1n) is 7.68. The normalized spacial score (nSPS) is 10.3. The lowest BCUT2D eigenvalue weighted by atomic mass is 10.1. The Kier molecular flexibility index (Phi) is 21.6. The van der Waals surface area contributed by atoms with Gasteiger partial charge < -0.3 is 14.7 Å². The van der Waals surface area contributed by atoms with Crippen molar-refractivity contribution < 1.29 is 9.84 Å². The fourth-order valence-corrected chi connectivity index (χ4v) is 1.66. The first-order chi connectivity index (χ1) is 8.81. The van der Waals surface area contributed by atoms with E-state index in [0.717, 1.165) is 19.7 Å². The largest absolute Gasteiger partial charge is 0.394 e. The number of nitrogens with zero attached hydrogens (tertiary/aromatic N) is 1.